The number of benzene rings is 1. The van der Waals surface area contributed by atoms with Crippen molar-refractivity contribution in [1.29, 1.82) is 0 Å². The first-order valence-electron chi connectivity index (χ1n) is 5.72. The molecule has 0 spiro atoms. The third-order valence-electron chi connectivity index (χ3n) is 2.59. The Labute approximate surface area is 101 Å². The van der Waals surface area contributed by atoms with Crippen molar-refractivity contribution in [3.8, 4) is 0 Å². The van der Waals surface area contributed by atoms with Crippen molar-refractivity contribution in [1.82, 2.24) is 9.78 Å². The van der Waals surface area contributed by atoms with Crippen LogP contribution in [-0.4, -0.2) is 9.78 Å². The van der Waals surface area contributed by atoms with Crippen LogP contribution in [0.25, 0.3) is 0 Å². The molecule has 2 rings (SSSR count). The number of aryl methyl sites for hydroxylation is 1. The third-order valence-corrected chi connectivity index (χ3v) is 2.59. The van der Waals surface area contributed by atoms with Crippen LogP contribution in [0, 0.1) is 0 Å². The molecule has 1 aromatic carbocycles. The topological polar surface area (TPSA) is 55.9 Å². The number of nitrogens with two attached hydrogens (primary N) is 1. The number of hydrogen-bond acceptors (Lipinski definition) is 3. The van der Waals surface area contributed by atoms with Crippen LogP contribution in [0.1, 0.15) is 25.5 Å². The number of nitrogen functional groups attached to an aromatic ring is 1. The van der Waals surface area contributed by atoms with Gasteiger partial charge in [0.15, 0.2) is 0 Å². The van der Waals surface area contributed by atoms with E-state index in [1.165, 1.54) is 0 Å². The highest BCUT2D eigenvalue weighted by atomic mass is 15.3. The first-order chi connectivity index (χ1) is 8.06. The monoisotopic (exact) mass is 230 g/mol. The molecule has 0 saturated heterocycles. The second-order valence-corrected chi connectivity index (χ2v) is 4.50. The molecule has 0 aliphatic carbocycles. The van der Waals surface area contributed by atoms with Gasteiger partial charge in [-0.2, -0.15) is 5.10 Å². The van der Waals surface area contributed by atoms with Crippen molar-refractivity contribution in [2.75, 3.05) is 11.1 Å². The fraction of sp³-hybridized carbons (Fsp3) is 0.308. The molecule has 0 amide bonds. The number of aromatic nitrogens is 2. The maximum absolute atomic E-state index is 5.66. The molecule has 0 aliphatic rings. The molecule has 0 fully saturated rings. The van der Waals surface area contributed by atoms with Crippen LogP contribution in [0.5, 0.6) is 0 Å². The average Bonchev–Trinajstić information content (AvgIpc) is 2.63. The summed E-state index contributed by atoms with van der Waals surface area (Å²) in [7, 11) is 1.93. The molecule has 0 radical (unpaired) electrons. The summed E-state index contributed by atoms with van der Waals surface area (Å²) in [5.74, 6) is 0.396. The molecule has 0 aliphatic heterocycles. The van der Waals surface area contributed by atoms with Crippen molar-refractivity contribution in [3.63, 3.8) is 0 Å². The Kier molecular flexibility index (Phi) is 3.04. The zero-order chi connectivity index (χ0) is 12.4. The largest absolute Gasteiger partial charge is 0.399 e. The van der Waals surface area contributed by atoms with E-state index in [2.05, 4.69) is 24.3 Å². The second-order valence-electron chi connectivity index (χ2n) is 4.50. The summed E-state index contributed by atoms with van der Waals surface area (Å²) < 4.78 is 1.83. The first kappa shape index (κ1) is 11.5. The zero-order valence-corrected chi connectivity index (χ0v) is 10.4. The number of nitrogens with zero attached hydrogens (tertiary/aromatic N) is 2. The Morgan fingerprint density at radius 2 is 1.88 bits per heavy atom. The molecule has 0 saturated carbocycles. The Bertz CT molecular complexity index is 497. The molecular weight excluding hydrogens is 212 g/mol. The summed E-state index contributed by atoms with van der Waals surface area (Å²) in [6.45, 7) is 4.27. The maximum Gasteiger partial charge on any atom is 0.0884 e. The van der Waals surface area contributed by atoms with E-state index >= 15 is 0 Å². The van der Waals surface area contributed by atoms with Crippen molar-refractivity contribution in [2.24, 2.45) is 7.05 Å². The summed E-state index contributed by atoms with van der Waals surface area (Å²) in [4.78, 5) is 0. The lowest BCUT2D eigenvalue weighted by molar-refractivity contribution is 0.713. The van der Waals surface area contributed by atoms with Crippen molar-refractivity contribution < 1.29 is 0 Å². The highest BCUT2D eigenvalue weighted by Crippen LogP contribution is 2.25. The molecule has 4 nitrogen and oxygen atoms in total. The third kappa shape index (κ3) is 2.58. The molecule has 0 bridgehead atoms. The Balaban J connectivity index is 2.26. The van der Waals surface area contributed by atoms with Crippen LogP contribution < -0.4 is 11.1 Å². The lowest BCUT2D eigenvalue weighted by atomic mass is 10.1. The standard InChI is InChI=1S/C13H18N4/c1-9(2)13-12(8-17(3)16-13)15-11-6-4-10(14)5-7-11/h4-9,15H,14H2,1-3H3. The summed E-state index contributed by atoms with van der Waals surface area (Å²) in [6.07, 6.45) is 1.99. The summed E-state index contributed by atoms with van der Waals surface area (Å²) in [5, 5.41) is 7.82. The van der Waals surface area contributed by atoms with Gasteiger partial charge >= 0.3 is 0 Å². The molecule has 90 valence electrons. The molecular formula is C13H18N4. The van der Waals surface area contributed by atoms with Gasteiger partial charge in [0.05, 0.1) is 11.4 Å². The minimum atomic E-state index is 0.396. The average molecular weight is 230 g/mol. The van der Waals surface area contributed by atoms with E-state index in [4.69, 9.17) is 5.73 Å². The molecule has 0 unspecified atom stereocenters. The van der Waals surface area contributed by atoms with E-state index in [9.17, 15) is 0 Å². The van der Waals surface area contributed by atoms with Gasteiger partial charge in [-0.05, 0) is 30.2 Å². The Morgan fingerprint density at radius 3 is 2.47 bits per heavy atom. The van der Waals surface area contributed by atoms with Crippen molar-refractivity contribution >= 4 is 17.1 Å². The summed E-state index contributed by atoms with van der Waals surface area (Å²) >= 11 is 0. The van der Waals surface area contributed by atoms with Crippen molar-refractivity contribution in [3.05, 3.63) is 36.2 Å². The predicted octanol–water partition coefficient (Wildman–Crippen LogP) is 2.87. The van der Waals surface area contributed by atoms with E-state index < -0.39 is 0 Å². The molecule has 2 aromatic rings. The van der Waals surface area contributed by atoms with Gasteiger partial charge in [-0.25, -0.2) is 0 Å². The van der Waals surface area contributed by atoms with Crippen LogP contribution in [-0.2, 0) is 7.05 Å². The summed E-state index contributed by atoms with van der Waals surface area (Å²) in [6, 6.07) is 7.69. The van der Waals surface area contributed by atoms with Gasteiger partial charge in [-0.1, -0.05) is 13.8 Å². The highest BCUT2D eigenvalue weighted by Gasteiger charge is 2.11. The van der Waals surface area contributed by atoms with Gasteiger partial charge in [0.25, 0.3) is 0 Å². The second kappa shape index (κ2) is 4.49. The summed E-state index contributed by atoms with van der Waals surface area (Å²) in [5.41, 5.74) is 9.57. The molecule has 1 aromatic heterocycles. The normalized spacial score (nSPS) is 10.8. The van der Waals surface area contributed by atoms with Crippen LogP contribution in [0.15, 0.2) is 30.5 Å². The van der Waals surface area contributed by atoms with E-state index in [-0.39, 0.29) is 0 Å². The van der Waals surface area contributed by atoms with Crippen LogP contribution in [0.2, 0.25) is 0 Å². The van der Waals surface area contributed by atoms with Gasteiger partial charge in [0, 0.05) is 24.6 Å². The number of rotatable bonds is 3. The SMILES string of the molecule is CC(C)c1nn(C)cc1Nc1ccc(N)cc1. The van der Waals surface area contributed by atoms with E-state index in [1.807, 2.05) is 42.2 Å². The number of anilines is 3. The van der Waals surface area contributed by atoms with Gasteiger partial charge in [-0.3, -0.25) is 4.68 Å². The van der Waals surface area contributed by atoms with Gasteiger partial charge in [0.1, 0.15) is 0 Å². The lowest BCUT2D eigenvalue weighted by Gasteiger charge is -2.08. The Hall–Kier alpha value is -1.97. The molecule has 17 heavy (non-hydrogen) atoms. The van der Waals surface area contributed by atoms with Gasteiger partial charge in [-0.15, -0.1) is 0 Å². The maximum atomic E-state index is 5.66. The molecule has 3 N–H and O–H groups in total. The van der Waals surface area contributed by atoms with Crippen LogP contribution >= 0.6 is 0 Å². The van der Waals surface area contributed by atoms with Gasteiger partial charge in [0.2, 0.25) is 0 Å². The minimum Gasteiger partial charge on any atom is -0.399 e. The number of nitrogens with one attached hydrogen (secondary N) is 1. The van der Waals surface area contributed by atoms with Gasteiger partial charge < -0.3 is 11.1 Å². The first-order valence-corrected chi connectivity index (χ1v) is 5.72. The van der Waals surface area contributed by atoms with E-state index in [0.29, 0.717) is 5.92 Å². The predicted molar refractivity (Wildman–Crippen MR) is 71.4 cm³/mol. The van der Waals surface area contributed by atoms with Crippen LogP contribution in [0.4, 0.5) is 17.1 Å². The lowest BCUT2D eigenvalue weighted by Crippen LogP contribution is -1.96. The quantitative estimate of drug-likeness (QED) is 0.797. The zero-order valence-electron chi connectivity index (χ0n) is 10.4. The smallest absolute Gasteiger partial charge is 0.0884 e. The molecule has 1 heterocycles. The van der Waals surface area contributed by atoms with E-state index in [0.717, 1.165) is 22.8 Å². The highest BCUT2D eigenvalue weighted by molar-refractivity contribution is 5.63. The minimum absolute atomic E-state index is 0.396. The van der Waals surface area contributed by atoms with Crippen molar-refractivity contribution in [2.45, 2.75) is 19.8 Å². The molecule has 0 atom stereocenters. The fourth-order valence-electron chi connectivity index (χ4n) is 1.75. The Morgan fingerprint density at radius 1 is 1.24 bits per heavy atom. The fourth-order valence-corrected chi connectivity index (χ4v) is 1.75. The van der Waals surface area contributed by atoms with E-state index in [1.54, 1.807) is 0 Å². The molecule has 4 heteroatoms. The number of hydrogen-bond donors (Lipinski definition) is 2. The van der Waals surface area contributed by atoms with Crippen LogP contribution in [0.3, 0.4) is 0 Å².